The fraction of sp³-hybridized carbons (Fsp3) is 0.814. The molecule has 72 heavy (non-hydrogen) atoms. The van der Waals surface area contributed by atoms with Crippen LogP contribution in [0.4, 0.5) is 0 Å². The smallest absolute Gasteiger partial charge is 0.397 e. The largest absolute Gasteiger partial charge is 0.457 e. The molecule has 0 spiro atoms. The van der Waals surface area contributed by atoms with Crippen LogP contribution in [-0.4, -0.2) is 97.5 Å². The second-order valence-corrected chi connectivity index (χ2v) is 20.9. The Morgan fingerprint density at radius 2 is 0.917 bits per heavy atom. The van der Waals surface area contributed by atoms with E-state index < -0.39 is 59.8 Å². The minimum absolute atomic E-state index is 0.0295. The second-order valence-electron chi connectivity index (χ2n) is 19.9. The number of carbonyl (C=O) groups excluding carboxylic acids is 1. The zero-order chi connectivity index (χ0) is 52.4. The molecule has 0 aromatic carbocycles. The molecule has 0 saturated carbocycles. The van der Waals surface area contributed by atoms with E-state index in [1.54, 1.807) is 0 Å². The highest BCUT2D eigenvalue weighted by atomic mass is 32.3. The Hall–Kier alpha value is -2.20. The van der Waals surface area contributed by atoms with E-state index in [1.165, 1.54) is 154 Å². The predicted molar refractivity (Wildman–Crippen MR) is 294 cm³/mol. The monoisotopic (exact) mass is 1040 g/mol. The highest BCUT2D eigenvalue weighted by Crippen LogP contribution is 2.26. The summed E-state index contributed by atoms with van der Waals surface area (Å²) in [4.78, 5) is 13.0. The van der Waals surface area contributed by atoms with Crippen molar-refractivity contribution in [1.82, 2.24) is 0 Å². The fourth-order valence-corrected chi connectivity index (χ4v) is 9.22. The van der Waals surface area contributed by atoms with Gasteiger partial charge in [0, 0.05) is 13.0 Å². The summed E-state index contributed by atoms with van der Waals surface area (Å²) in [7, 11) is -5.07. The second kappa shape index (κ2) is 49.7. The van der Waals surface area contributed by atoms with Crippen LogP contribution in [0.2, 0.25) is 0 Å². The zero-order valence-corrected chi connectivity index (χ0v) is 46.3. The minimum Gasteiger partial charge on any atom is -0.457 e. The van der Waals surface area contributed by atoms with Crippen LogP contribution in [0.25, 0.3) is 0 Å². The molecule has 0 aromatic heterocycles. The molecule has 6 atom stereocenters. The van der Waals surface area contributed by atoms with Gasteiger partial charge in [-0.1, -0.05) is 216 Å². The van der Waals surface area contributed by atoms with Gasteiger partial charge in [0.1, 0.15) is 30.5 Å². The summed E-state index contributed by atoms with van der Waals surface area (Å²) in [5.41, 5.74) is 0. The molecule has 1 aliphatic rings. The third-order valence-electron chi connectivity index (χ3n) is 13.1. The summed E-state index contributed by atoms with van der Waals surface area (Å²) in [6.07, 6.45) is 55.3. The van der Waals surface area contributed by atoms with Crippen molar-refractivity contribution >= 4 is 16.4 Å². The van der Waals surface area contributed by atoms with Gasteiger partial charge in [0.2, 0.25) is 0 Å². The number of unbranched alkanes of at least 4 members (excludes halogenated alkanes) is 28. The van der Waals surface area contributed by atoms with Crippen LogP contribution in [0.15, 0.2) is 60.8 Å². The lowest BCUT2D eigenvalue weighted by Gasteiger charge is -2.41. The number of allylic oxidation sites excluding steroid dienone is 10. The summed E-state index contributed by atoms with van der Waals surface area (Å²) >= 11 is 0. The summed E-state index contributed by atoms with van der Waals surface area (Å²) in [6.45, 7) is 3.98. The van der Waals surface area contributed by atoms with Crippen LogP contribution < -0.4 is 0 Å². The van der Waals surface area contributed by atoms with Crippen molar-refractivity contribution in [1.29, 1.82) is 0 Å². The number of rotatable bonds is 51. The number of aliphatic hydroxyl groups excluding tert-OH is 3. The molecule has 1 fully saturated rings. The summed E-state index contributed by atoms with van der Waals surface area (Å²) in [6, 6.07) is 0. The highest BCUT2D eigenvalue weighted by molar-refractivity contribution is 7.80. The molecule has 4 N–H and O–H groups in total. The molecule has 1 rings (SSSR count). The maximum atomic E-state index is 13.0. The molecular formula is C59H106O12S. The molecule has 12 nitrogen and oxygen atoms in total. The van der Waals surface area contributed by atoms with Crippen molar-refractivity contribution in [2.75, 3.05) is 26.4 Å². The Bertz CT molecular complexity index is 1480. The van der Waals surface area contributed by atoms with Crippen LogP contribution in [0.5, 0.6) is 0 Å². The van der Waals surface area contributed by atoms with Crippen molar-refractivity contribution in [2.45, 2.75) is 282 Å². The van der Waals surface area contributed by atoms with Crippen LogP contribution in [0.1, 0.15) is 245 Å². The molecular weight excluding hydrogens is 933 g/mol. The minimum atomic E-state index is -5.07. The van der Waals surface area contributed by atoms with E-state index in [-0.39, 0.29) is 19.6 Å². The van der Waals surface area contributed by atoms with Gasteiger partial charge in [0.15, 0.2) is 6.29 Å². The van der Waals surface area contributed by atoms with E-state index in [0.29, 0.717) is 13.0 Å². The molecule has 0 aromatic rings. The van der Waals surface area contributed by atoms with Gasteiger partial charge >= 0.3 is 16.4 Å². The van der Waals surface area contributed by atoms with Crippen molar-refractivity contribution in [3.05, 3.63) is 60.8 Å². The molecule has 1 saturated heterocycles. The van der Waals surface area contributed by atoms with Crippen LogP contribution in [-0.2, 0) is 38.3 Å². The Morgan fingerprint density at radius 3 is 1.33 bits per heavy atom. The van der Waals surface area contributed by atoms with Crippen molar-refractivity contribution in [2.24, 2.45) is 0 Å². The lowest BCUT2D eigenvalue weighted by Crippen LogP contribution is -2.60. The quantitative estimate of drug-likeness (QED) is 0.0196. The Kier molecular flexibility index (Phi) is 46.8. The van der Waals surface area contributed by atoms with E-state index in [1.807, 2.05) is 0 Å². The maximum Gasteiger partial charge on any atom is 0.397 e. The number of carbonyl (C=O) groups is 1. The lowest BCUT2D eigenvalue weighted by molar-refractivity contribution is -0.301. The van der Waals surface area contributed by atoms with Gasteiger partial charge in [-0.05, 0) is 83.5 Å². The predicted octanol–water partition coefficient (Wildman–Crippen LogP) is 14.4. The standard InChI is InChI=1S/C59H106O12S/c1-3-5-7-9-11-13-15-17-19-21-23-25-27-28-30-32-34-36-38-40-42-44-46-48-55(61)69-53(52-68-59-57(63)58(71-72(64,65)66)56(62)54(50-60)70-59)51-67-49-47-45-43-41-39-37-35-33-31-29-26-24-22-20-18-16-14-12-10-8-6-4-2/h15-18,21-24,27-28,53-54,56-60,62-63H,3-14,19-20,25-26,29-52H2,1-2H3,(H,64,65,66)/b17-15-,18-16-,23-21-,24-22-,28-27-. The molecule has 1 aliphatic heterocycles. The van der Waals surface area contributed by atoms with E-state index in [9.17, 15) is 33.1 Å². The molecule has 1 heterocycles. The number of hydrogen-bond donors (Lipinski definition) is 4. The topological polar surface area (TPSA) is 178 Å². The molecule has 0 radical (unpaired) electrons. The van der Waals surface area contributed by atoms with Crippen LogP contribution in [0, 0.1) is 0 Å². The van der Waals surface area contributed by atoms with E-state index in [0.717, 1.165) is 64.2 Å². The Morgan fingerprint density at radius 1 is 0.528 bits per heavy atom. The van der Waals surface area contributed by atoms with E-state index >= 15 is 0 Å². The maximum absolute atomic E-state index is 13.0. The summed E-state index contributed by atoms with van der Waals surface area (Å²) in [5.74, 6) is -0.406. The molecule has 0 bridgehead atoms. The van der Waals surface area contributed by atoms with Crippen molar-refractivity contribution in [3.8, 4) is 0 Å². The van der Waals surface area contributed by atoms with Gasteiger partial charge < -0.3 is 34.3 Å². The van der Waals surface area contributed by atoms with Gasteiger partial charge in [-0.3, -0.25) is 9.35 Å². The number of ether oxygens (including phenoxy) is 4. The van der Waals surface area contributed by atoms with Gasteiger partial charge in [0.05, 0.1) is 19.8 Å². The Labute approximate surface area is 439 Å². The normalized spacial score (nSPS) is 19.3. The summed E-state index contributed by atoms with van der Waals surface area (Å²) in [5, 5.41) is 30.8. The molecule has 0 aliphatic carbocycles. The first kappa shape index (κ1) is 67.8. The SMILES string of the molecule is CCCCCCC/C=C\C/C=C\C/C=C\CCCCCCCCCCC(=O)OC(COCCCCCCCCCCCC/C=C\C/C=C\CCCCCCC)COC1OC(CO)C(O)C(OS(=O)(=O)O)C1O. The zero-order valence-electron chi connectivity index (χ0n) is 45.5. The van der Waals surface area contributed by atoms with Crippen LogP contribution >= 0.6 is 0 Å². The first-order chi connectivity index (χ1) is 35.1. The van der Waals surface area contributed by atoms with Crippen molar-refractivity contribution < 1.29 is 56.2 Å². The third-order valence-corrected chi connectivity index (χ3v) is 13.6. The van der Waals surface area contributed by atoms with Gasteiger partial charge in [-0.15, -0.1) is 0 Å². The number of esters is 1. The van der Waals surface area contributed by atoms with Gasteiger partial charge in [0.25, 0.3) is 0 Å². The van der Waals surface area contributed by atoms with Crippen molar-refractivity contribution in [3.63, 3.8) is 0 Å². The molecule has 6 unspecified atom stereocenters. The summed E-state index contributed by atoms with van der Waals surface area (Å²) < 4.78 is 59.4. The lowest BCUT2D eigenvalue weighted by atomic mass is 9.99. The van der Waals surface area contributed by atoms with Gasteiger partial charge in [-0.25, -0.2) is 4.18 Å². The van der Waals surface area contributed by atoms with Gasteiger partial charge in [-0.2, -0.15) is 8.42 Å². The Balaban J connectivity index is 2.32. The third kappa shape index (κ3) is 42.1. The molecule has 420 valence electrons. The van der Waals surface area contributed by atoms with Crippen LogP contribution in [0.3, 0.4) is 0 Å². The highest BCUT2D eigenvalue weighted by Gasteiger charge is 2.48. The average molecular weight is 1040 g/mol. The first-order valence-corrected chi connectivity index (χ1v) is 30.4. The number of hydrogen-bond acceptors (Lipinski definition) is 11. The molecule has 13 heteroatoms. The first-order valence-electron chi connectivity index (χ1n) is 29.0. The molecule has 0 amide bonds. The average Bonchev–Trinajstić information content (AvgIpc) is 3.36. The van der Waals surface area contributed by atoms with E-state index in [4.69, 9.17) is 18.9 Å². The van der Waals surface area contributed by atoms with E-state index in [2.05, 4.69) is 78.8 Å². The fourth-order valence-electron chi connectivity index (χ4n) is 8.71. The number of aliphatic hydroxyl groups is 3.